The lowest BCUT2D eigenvalue weighted by atomic mass is 10.1. The Kier molecular flexibility index (Phi) is 9.86. The maximum Gasteiger partial charge on any atom is 0.243 e. The van der Waals surface area contributed by atoms with E-state index in [4.69, 9.17) is 9.47 Å². The molecule has 1 atom stereocenters. The summed E-state index contributed by atoms with van der Waals surface area (Å²) in [6.45, 7) is 5.81. The third-order valence-corrected chi connectivity index (χ3v) is 5.14. The minimum absolute atomic E-state index is 0.00109. The van der Waals surface area contributed by atoms with E-state index in [-0.39, 0.29) is 18.6 Å². The van der Waals surface area contributed by atoms with Gasteiger partial charge in [0.05, 0.1) is 6.10 Å². The minimum Gasteiger partial charge on any atom is -0.385 e. The molecule has 2 heterocycles. The van der Waals surface area contributed by atoms with E-state index in [2.05, 4.69) is 20.5 Å². The van der Waals surface area contributed by atoms with Gasteiger partial charge in [-0.1, -0.05) is 0 Å². The van der Waals surface area contributed by atoms with Gasteiger partial charge < -0.3 is 29.9 Å². The molecule has 0 aromatic carbocycles. The van der Waals surface area contributed by atoms with Gasteiger partial charge in [-0.25, -0.2) is 4.99 Å². The summed E-state index contributed by atoms with van der Waals surface area (Å²) in [7, 11) is 5.26. The maximum absolute atomic E-state index is 11.9. The Morgan fingerprint density at radius 2 is 2.07 bits per heavy atom. The van der Waals surface area contributed by atoms with Crippen molar-refractivity contribution in [2.75, 3.05) is 67.1 Å². The summed E-state index contributed by atoms with van der Waals surface area (Å²) in [5.41, 5.74) is 0. The first-order valence-electron chi connectivity index (χ1n) is 10.2. The van der Waals surface area contributed by atoms with Crippen molar-refractivity contribution in [1.82, 2.24) is 20.4 Å². The first-order valence-corrected chi connectivity index (χ1v) is 10.2. The van der Waals surface area contributed by atoms with E-state index in [9.17, 15) is 4.79 Å². The molecule has 0 aromatic rings. The highest BCUT2D eigenvalue weighted by molar-refractivity contribution is 5.84. The van der Waals surface area contributed by atoms with E-state index in [1.54, 1.807) is 26.1 Å². The first-order chi connectivity index (χ1) is 13.1. The topological polar surface area (TPSA) is 78.4 Å². The smallest absolute Gasteiger partial charge is 0.243 e. The lowest BCUT2D eigenvalue weighted by Gasteiger charge is -2.33. The lowest BCUT2D eigenvalue weighted by Crippen LogP contribution is -2.50. The minimum atomic E-state index is 0.00109. The number of likely N-dealkylation sites (tertiary alicyclic amines) is 1. The van der Waals surface area contributed by atoms with Crippen LogP contribution < -0.4 is 10.6 Å². The first kappa shape index (κ1) is 21.9. The van der Waals surface area contributed by atoms with Crippen LogP contribution in [0, 0.1) is 0 Å². The van der Waals surface area contributed by atoms with Crippen LogP contribution in [0.25, 0.3) is 0 Å². The summed E-state index contributed by atoms with van der Waals surface area (Å²) in [6.07, 6.45) is 5.68. The Morgan fingerprint density at radius 1 is 1.30 bits per heavy atom. The van der Waals surface area contributed by atoms with E-state index >= 15 is 0 Å². The van der Waals surface area contributed by atoms with Crippen LogP contribution in [-0.4, -0.2) is 101 Å². The lowest BCUT2D eigenvalue weighted by molar-refractivity contribution is -0.127. The number of hydrogen-bond acceptors (Lipinski definition) is 5. The normalized spacial score (nSPS) is 22.0. The molecule has 1 amide bonds. The number of ether oxygens (including phenoxy) is 2. The summed E-state index contributed by atoms with van der Waals surface area (Å²) in [6, 6.07) is 0.383. The third-order valence-electron chi connectivity index (χ3n) is 5.14. The Balaban J connectivity index is 1.79. The number of guanidine groups is 1. The maximum atomic E-state index is 11.9. The second-order valence-electron chi connectivity index (χ2n) is 7.58. The molecule has 8 heteroatoms. The molecule has 1 unspecified atom stereocenters. The highest BCUT2D eigenvalue weighted by Gasteiger charge is 2.21. The zero-order chi connectivity index (χ0) is 19.5. The monoisotopic (exact) mass is 383 g/mol. The van der Waals surface area contributed by atoms with E-state index < -0.39 is 0 Å². The fraction of sp³-hybridized carbons (Fsp3) is 0.895. The van der Waals surface area contributed by atoms with Crippen molar-refractivity contribution < 1.29 is 14.3 Å². The van der Waals surface area contributed by atoms with Crippen LogP contribution in [0.5, 0.6) is 0 Å². The van der Waals surface area contributed by atoms with Crippen LogP contribution in [0.15, 0.2) is 4.99 Å². The van der Waals surface area contributed by atoms with Crippen LogP contribution in [0.2, 0.25) is 0 Å². The molecule has 0 radical (unpaired) electrons. The number of hydrogen-bond donors (Lipinski definition) is 2. The highest BCUT2D eigenvalue weighted by atomic mass is 16.5. The van der Waals surface area contributed by atoms with Gasteiger partial charge >= 0.3 is 0 Å². The summed E-state index contributed by atoms with van der Waals surface area (Å²) in [5.74, 6) is 0.722. The van der Waals surface area contributed by atoms with Crippen molar-refractivity contribution in [3.8, 4) is 0 Å². The van der Waals surface area contributed by atoms with Gasteiger partial charge in [-0.2, -0.15) is 0 Å². The number of amides is 1. The number of rotatable bonds is 9. The standard InChI is InChI=1S/C19H37N5O3/c1-23(2)18(25)15-21-19(20-14-17-6-4-13-27-17)22-16-7-10-24(11-8-16)9-5-12-26-3/h16-17H,4-15H2,1-3H3,(H2,20,21,22). The van der Waals surface area contributed by atoms with E-state index in [0.717, 1.165) is 77.5 Å². The average molecular weight is 384 g/mol. The molecule has 2 aliphatic heterocycles. The number of methoxy groups -OCH3 is 1. The highest BCUT2D eigenvalue weighted by Crippen LogP contribution is 2.12. The van der Waals surface area contributed by atoms with E-state index in [1.807, 2.05) is 0 Å². The molecule has 27 heavy (non-hydrogen) atoms. The molecule has 0 spiro atoms. The van der Waals surface area contributed by atoms with Crippen LogP contribution >= 0.6 is 0 Å². The summed E-state index contributed by atoms with van der Waals surface area (Å²) in [5, 5.41) is 6.89. The molecule has 2 N–H and O–H groups in total. The molecular formula is C19H37N5O3. The number of carbonyl (C=O) groups excluding carboxylic acids is 1. The number of nitrogens with one attached hydrogen (secondary N) is 2. The van der Waals surface area contributed by atoms with Gasteiger partial charge in [0.15, 0.2) is 5.96 Å². The molecule has 0 bridgehead atoms. The second-order valence-corrected chi connectivity index (χ2v) is 7.58. The van der Waals surface area contributed by atoms with Gasteiger partial charge in [-0.15, -0.1) is 0 Å². The molecule has 156 valence electrons. The average Bonchev–Trinajstić information content (AvgIpc) is 3.18. The molecular weight excluding hydrogens is 346 g/mol. The molecule has 2 aliphatic rings. The zero-order valence-electron chi connectivity index (χ0n) is 17.2. The number of piperidine rings is 1. The predicted molar refractivity (Wildman–Crippen MR) is 107 cm³/mol. The van der Waals surface area contributed by atoms with Crippen molar-refractivity contribution in [2.45, 2.75) is 44.2 Å². The van der Waals surface area contributed by atoms with Gasteiger partial charge in [0.25, 0.3) is 0 Å². The number of likely N-dealkylation sites (N-methyl/N-ethyl adjacent to an activating group) is 1. The zero-order valence-corrected chi connectivity index (χ0v) is 17.2. The largest absolute Gasteiger partial charge is 0.385 e. The van der Waals surface area contributed by atoms with Crippen molar-refractivity contribution in [2.24, 2.45) is 4.99 Å². The van der Waals surface area contributed by atoms with Crippen molar-refractivity contribution in [1.29, 1.82) is 0 Å². The number of aliphatic imine (C=N–C) groups is 1. The molecule has 8 nitrogen and oxygen atoms in total. The molecule has 2 rings (SSSR count). The van der Waals surface area contributed by atoms with Crippen LogP contribution in [-0.2, 0) is 14.3 Å². The fourth-order valence-corrected chi connectivity index (χ4v) is 3.38. The van der Waals surface area contributed by atoms with Crippen LogP contribution in [0.4, 0.5) is 0 Å². The van der Waals surface area contributed by atoms with Gasteiger partial charge in [0.2, 0.25) is 5.91 Å². The van der Waals surface area contributed by atoms with Crippen molar-refractivity contribution in [3.05, 3.63) is 0 Å². The Labute approximate surface area is 163 Å². The molecule has 0 aromatic heterocycles. The quantitative estimate of drug-likeness (QED) is 0.339. The van der Waals surface area contributed by atoms with Crippen LogP contribution in [0.3, 0.4) is 0 Å². The molecule has 0 saturated carbocycles. The Bertz CT molecular complexity index is 458. The summed E-state index contributed by atoms with van der Waals surface area (Å²) >= 11 is 0. The van der Waals surface area contributed by atoms with Crippen LogP contribution in [0.1, 0.15) is 32.1 Å². The number of carbonyl (C=O) groups is 1. The molecule has 2 saturated heterocycles. The molecule has 0 aliphatic carbocycles. The second kappa shape index (κ2) is 12.2. The van der Waals surface area contributed by atoms with E-state index in [0.29, 0.717) is 6.04 Å². The van der Waals surface area contributed by atoms with E-state index in [1.165, 1.54) is 0 Å². The van der Waals surface area contributed by atoms with Gasteiger partial charge in [-0.05, 0) is 32.1 Å². The van der Waals surface area contributed by atoms with Gasteiger partial charge in [0.1, 0.15) is 6.54 Å². The van der Waals surface area contributed by atoms with Gasteiger partial charge in [-0.3, -0.25) is 4.79 Å². The third kappa shape index (κ3) is 8.45. The molecule has 2 fully saturated rings. The number of nitrogens with zero attached hydrogens (tertiary/aromatic N) is 3. The van der Waals surface area contributed by atoms with Crippen molar-refractivity contribution >= 4 is 11.9 Å². The predicted octanol–water partition coefficient (Wildman–Crippen LogP) is 0.290. The van der Waals surface area contributed by atoms with Gasteiger partial charge in [0, 0.05) is 66.6 Å². The summed E-state index contributed by atoms with van der Waals surface area (Å²) < 4.78 is 10.8. The summed E-state index contributed by atoms with van der Waals surface area (Å²) in [4.78, 5) is 20.4. The fourth-order valence-electron chi connectivity index (χ4n) is 3.38. The SMILES string of the molecule is COCCCN1CCC(NC(=NCC(=O)N(C)C)NCC2CCCO2)CC1. The Morgan fingerprint density at radius 3 is 2.70 bits per heavy atom. The van der Waals surface area contributed by atoms with Crippen molar-refractivity contribution in [3.63, 3.8) is 0 Å². The Hall–Kier alpha value is -1.38.